The Hall–Kier alpha value is -1.81. The number of halogens is 1. The van der Waals surface area contributed by atoms with Crippen LogP contribution in [0.5, 0.6) is 0 Å². The van der Waals surface area contributed by atoms with Gasteiger partial charge in [-0.2, -0.15) is 0 Å². The summed E-state index contributed by atoms with van der Waals surface area (Å²) in [6.07, 6.45) is 10.6. The van der Waals surface area contributed by atoms with Crippen molar-refractivity contribution in [2.24, 2.45) is 5.92 Å². The molecule has 1 amide bonds. The molecule has 2 aliphatic carbocycles. The predicted molar refractivity (Wildman–Crippen MR) is 98.3 cm³/mol. The first-order valence-corrected chi connectivity index (χ1v) is 9.63. The van der Waals surface area contributed by atoms with Crippen LogP contribution in [-0.4, -0.2) is 26.4 Å². The zero-order valence-corrected chi connectivity index (χ0v) is 15.2. The van der Waals surface area contributed by atoms with Crippen LogP contribution in [-0.2, 0) is 17.9 Å². The highest BCUT2D eigenvalue weighted by Crippen LogP contribution is 2.33. The van der Waals surface area contributed by atoms with E-state index in [-0.39, 0.29) is 5.92 Å². The van der Waals surface area contributed by atoms with E-state index in [0.29, 0.717) is 18.5 Å². The van der Waals surface area contributed by atoms with Crippen LogP contribution in [0.1, 0.15) is 49.9 Å². The molecule has 0 saturated heterocycles. The van der Waals surface area contributed by atoms with Crippen LogP contribution in [0, 0.1) is 5.92 Å². The number of amides is 1. The summed E-state index contributed by atoms with van der Waals surface area (Å²) in [4.78, 5) is 19.6. The molecule has 4 nitrogen and oxygen atoms in total. The summed E-state index contributed by atoms with van der Waals surface area (Å²) in [6.45, 7) is 1.35. The van der Waals surface area contributed by atoms with Crippen molar-refractivity contribution in [3.05, 3.63) is 53.1 Å². The van der Waals surface area contributed by atoms with Crippen molar-refractivity contribution in [2.45, 2.75) is 57.7 Å². The van der Waals surface area contributed by atoms with Crippen LogP contribution in [0.15, 0.2) is 36.7 Å². The Morgan fingerprint density at radius 2 is 2.04 bits per heavy atom. The first-order valence-electron chi connectivity index (χ1n) is 9.25. The molecule has 0 atom stereocenters. The summed E-state index contributed by atoms with van der Waals surface area (Å²) < 4.78 is 2.13. The van der Waals surface area contributed by atoms with Crippen LogP contribution in [0.2, 0.25) is 5.02 Å². The van der Waals surface area contributed by atoms with Crippen molar-refractivity contribution in [3.63, 3.8) is 0 Å². The van der Waals surface area contributed by atoms with Crippen LogP contribution in [0.4, 0.5) is 0 Å². The van der Waals surface area contributed by atoms with Crippen molar-refractivity contribution >= 4 is 17.5 Å². The largest absolute Gasteiger partial charge is 0.332 e. The molecule has 0 unspecified atom stereocenters. The highest BCUT2D eigenvalue weighted by molar-refractivity contribution is 6.30. The lowest BCUT2D eigenvalue weighted by Crippen LogP contribution is -2.37. The number of aromatic nitrogens is 2. The third-order valence-corrected chi connectivity index (χ3v) is 5.57. The van der Waals surface area contributed by atoms with Crippen LogP contribution >= 0.6 is 11.6 Å². The molecule has 2 saturated carbocycles. The Morgan fingerprint density at radius 3 is 2.76 bits per heavy atom. The van der Waals surface area contributed by atoms with E-state index in [9.17, 15) is 4.79 Å². The van der Waals surface area contributed by atoms with Gasteiger partial charge in [0.05, 0.1) is 6.54 Å². The maximum Gasteiger partial charge on any atom is 0.226 e. The number of hydrogen-bond acceptors (Lipinski definition) is 2. The van der Waals surface area contributed by atoms with Gasteiger partial charge in [0, 0.05) is 35.9 Å². The number of hydrogen-bond donors (Lipinski definition) is 0. The van der Waals surface area contributed by atoms with E-state index in [2.05, 4.69) is 20.5 Å². The van der Waals surface area contributed by atoms with Gasteiger partial charge in [0.1, 0.15) is 5.82 Å². The summed E-state index contributed by atoms with van der Waals surface area (Å²) in [6, 6.07) is 8.32. The lowest BCUT2D eigenvalue weighted by molar-refractivity contribution is -0.136. The fourth-order valence-electron chi connectivity index (χ4n) is 3.80. The topological polar surface area (TPSA) is 38.1 Å². The molecule has 2 fully saturated rings. The third-order valence-electron chi connectivity index (χ3n) is 5.33. The van der Waals surface area contributed by atoms with Crippen molar-refractivity contribution in [1.82, 2.24) is 14.5 Å². The molecule has 0 aliphatic heterocycles. The number of nitrogens with zero attached hydrogens (tertiary/aromatic N) is 3. The summed E-state index contributed by atoms with van der Waals surface area (Å²) in [5.41, 5.74) is 1.15. The lowest BCUT2D eigenvalue weighted by Gasteiger charge is -2.25. The van der Waals surface area contributed by atoms with E-state index >= 15 is 0 Å². The van der Waals surface area contributed by atoms with Crippen molar-refractivity contribution in [2.75, 3.05) is 0 Å². The zero-order valence-electron chi connectivity index (χ0n) is 14.4. The monoisotopic (exact) mass is 357 g/mol. The molecule has 5 heteroatoms. The quantitative estimate of drug-likeness (QED) is 0.774. The molecule has 25 heavy (non-hydrogen) atoms. The van der Waals surface area contributed by atoms with Crippen LogP contribution < -0.4 is 0 Å². The maximum absolute atomic E-state index is 12.9. The molecule has 0 N–H and O–H groups in total. The van der Waals surface area contributed by atoms with Crippen molar-refractivity contribution in [3.8, 4) is 0 Å². The highest BCUT2D eigenvalue weighted by atomic mass is 35.5. The maximum atomic E-state index is 12.9. The second-order valence-corrected chi connectivity index (χ2v) is 7.72. The summed E-state index contributed by atoms with van der Waals surface area (Å²) in [7, 11) is 0. The molecular weight excluding hydrogens is 334 g/mol. The Kier molecular flexibility index (Phi) is 4.80. The summed E-state index contributed by atoms with van der Waals surface area (Å²) in [5.74, 6) is 1.53. The molecule has 1 aromatic heterocycles. The second-order valence-electron chi connectivity index (χ2n) is 7.28. The van der Waals surface area contributed by atoms with E-state index in [0.717, 1.165) is 48.6 Å². The lowest BCUT2D eigenvalue weighted by atomic mass is 10.1. The molecule has 2 aliphatic rings. The number of carbonyl (C=O) groups is 1. The standard InChI is InChI=1S/C20H24ClN3O/c21-17-7-3-4-15(12-17)13-23-11-10-22-19(23)14-24(18-8-9-18)20(25)16-5-1-2-6-16/h3-4,7,10-12,16,18H,1-2,5-6,8-9,13-14H2. The van der Waals surface area contributed by atoms with Crippen LogP contribution in [0.3, 0.4) is 0 Å². The third kappa shape index (κ3) is 3.90. The molecule has 2 aromatic rings. The number of imidazole rings is 1. The van der Waals surface area contributed by atoms with E-state index in [1.807, 2.05) is 30.6 Å². The van der Waals surface area contributed by atoms with Crippen molar-refractivity contribution < 1.29 is 4.79 Å². The minimum absolute atomic E-state index is 0.233. The van der Waals surface area contributed by atoms with Gasteiger partial charge in [0.25, 0.3) is 0 Å². The molecule has 0 radical (unpaired) electrons. The Labute approximate surface area is 153 Å². The Balaban J connectivity index is 1.49. The van der Waals surface area contributed by atoms with Gasteiger partial charge in [0.2, 0.25) is 5.91 Å². The van der Waals surface area contributed by atoms with E-state index in [4.69, 9.17) is 11.6 Å². The molecule has 4 rings (SSSR count). The smallest absolute Gasteiger partial charge is 0.226 e. The van der Waals surface area contributed by atoms with Gasteiger partial charge in [-0.15, -0.1) is 0 Å². The molecule has 0 bridgehead atoms. The molecule has 1 heterocycles. The van der Waals surface area contributed by atoms with Crippen LogP contribution in [0.25, 0.3) is 0 Å². The number of carbonyl (C=O) groups excluding carboxylic acids is 1. The Morgan fingerprint density at radius 1 is 1.24 bits per heavy atom. The molecule has 0 spiro atoms. The van der Waals surface area contributed by atoms with Crippen molar-refractivity contribution in [1.29, 1.82) is 0 Å². The minimum atomic E-state index is 0.233. The average Bonchev–Trinajstić information content (AvgIpc) is 3.11. The zero-order chi connectivity index (χ0) is 17.2. The van der Waals surface area contributed by atoms with Gasteiger partial charge in [-0.1, -0.05) is 36.6 Å². The first-order chi connectivity index (χ1) is 12.2. The fourth-order valence-corrected chi connectivity index (χ4v) is 4.01. The first kappa shape index (κ1) is 16.6. The highest BCUT2D eigenvalue weighted by Gasteiger charge is 2.37. The second kappa shape index (κ2) is 7.20. The SMILES string of the molecule is O=C(C1CCCC1)N(Cc1nccn1Cc1cccc(Cl)c1)C1CC1. The molecular formula is C20H24ClN3O. The normalized spacial score (nSPS) is 17.8. The average molecular weight is 358 g/mol. The van der Waals surface area contributed by atoms with Gasteiger partial charge in [0.15, 0.2) is 0 Å². The predicted octanol–water partition coefficient (Wildman–Crippen LogP) is 4.27. The molecule has 1 aromatic carbocycles. The van der Waals surface area contributed by atoms with Gasteiger partial charge in [-0.25, -0.2) is 4.98 Å². The Bertz CT molecular complexity index is 747. The van der Waals surface area contributed by atoms with E-state index in [1.54, 1.807) is 0 Å². The van der Waals surface area contributed by atoms with E-state index in [1.165, 1.54) is 12.8 Å². The van der Waals surface area contributed by atoms with Gasteiger partial charge >= 0.3 is 0 Å². The van der Waals surface area contributed by atoms with Gasteiger partial charge in [-0.05, 0) is 43.4 Å². The summed E-state index contributed by atoms with van der Waals surface area (Å²) in [5, 5.41) is 0.746. The fraction of sp³-hybridized carbons (Fsp3) is 0.500. The van der Waals surface area contributed by atoms with Gasteiger partial charge < -0.3 is 9.47 Å². The number of rotatable bonds is 6. The summed E-state index contributed by atoms with van der Waals surface area (Å²) >= 11 is 6.10. The van der Waals surface area contributed by atoms with Gasteiger partial charge in [-0.3, -0.25) is 4.79 Å². The van der Waals surface area contributed by atoms with E-state index < -0.39 is 0 Å². The minimum Gasteiger partial charge on any atom is -0.332 e. The number of benzene rings is 1. The molecule has 132 valence electrons.